The number of hydrogen-bond acceptors (Lipinski definition) is 2. The normalized spacial score (nSPS) is 23.0. The van der Waals surface area contributed by atoms with Crippen LogP contribution in [0, 0.1) is 17.3 Å². The van der Waals surface area contributed by atoms with Crippen molar-refractivity contribution < 1.29 is 4.74 Å². The smallest absolute Gasteiger partial charge is 0.0536 e. The summed E-state index contributed by atoms with van der Waals surface area (Å²) >= 11 is 0. The van der Waals surface area contributed by atoms with Gasteiger partial charge in [-0.15, -0.1) is 0 Å². The monoisotopic (exact) mass is 253 g/mol. The third-order valence-electron chi connectivity index (χ3n) is 5.45. The molecular formula is C16H31NO. The summed E-state index contributed by atoms with van der Waals surface area (Å²) in [5.74, 6) is 1.80. The zero-order chi connectivity index (χ0) is 12.8. The van der Waals surface area contributed by atoms with E-state index in [1.165, 1.54) is 57.9 Å². The van der Waals surface area contributed by atoms with Crippen molar-refractivity contribution in [3.8, 4) is 0 Å². The Bertz CT molecular complexity index is 213. The highest BCUT2D eigenvalue weighted by molar-refractivity contribution is 4.97. The molecule has 18 heavy (non-hydrogen) atoms. The van der Waals surface area contributed by atoms with E-state index in [1.54, 1.807) is 0 Å². The third kappa shape index (κ3) is 2.91. The zero-order valence-electron chi connectivity index (χ0n) is 12.3. The molecule has 0 unspecified atom stereocenters. The average Bonchev–Trinajstić information content (AvgIpc) is 3.06. The van der Waals surface area contributed by atoms with Crippen LogP contribution in [0.2, 0.25) is 0 Å². The van der Waals surface area contributed by atoms with Gasteiger partial charge in [-0.2, -0.15) is 0 Å². The standard InChI is InChI=1S/C16H31NO/c1-3-17-12-16(13-18-2,14-8-4-5-9-14)15-10-6-7-11-15/h14-15,17H,3-13H2,1-2H3. The molecule has 0 aromatic carbocycles. The molecule has 2 nitrogen and oxygen atoms in total. The van der Waals surface area contributed by atoms with E-state index in [2.05, 4.69) is 12.2 Å². The van der Waals surface area contributed by atoms with Gasteiger partial charge in [0.2, 0.25) is 0 Å². The van der Waals surface area contributed by atoms with Gasteiger partial charge in [-0.3, -0.25) is 0 Å². The summed E-state index contributed by atoms with van der Waals surface area (Å²) in [6.07, 6.45) is 11.5. The Labute approximate surface area is 113 Å². The van der Waals surface area contributed by atoms with Crippen LogP contribution in [0.1, 0.15) is 58.3 Å². The highest BCUT2D eigenvalue weighted by Gasteiger charge is 2.46. The van der Waals surface area contributed by atoms with Crippen LogP contribution >= 0.6 is 0 Å². The maximum atomic E-state index is 5.69. The number of ether oxygens (including phenoxy) is 1. The first-order valence-corrected chi connectivity index (χ1v) is 8.03. The molecule has 2 fully saturated rings. The van der Waals surface area contributed by atoms with Crippen molar-refractivity contribution in [1.29, 1.82) is 0 Å². The molecule has 0 spiro atoms. The summed E-state index contributed by atoms with van der Waals surface area (Å²) in [7, 11) is 1.89. The first kappa shape index (κ1) is 14.3. The first-order chi connectivity index (χ1) is 8.83. The molecule has 2 heteroatoms. The van der Waals surface area contributed by atoms with Crippen molar-refractivity contribution in [3.63, 3.8) is 0 Å². The number of hydrogen-bond donors (Lipinski definition) is 1. The Balaban J connectivity index is 2.14. The van der Waals surface area contributed by atoms with Crippen LogP contribution < -0.4 is 5.32 Å². The van der Waals surface area contributed by atoms with Crippen molar-refractivity contribution in [2.75, 3.05) is 26.8 Å². The molecule has 0 aromatic heterocycles. The van der Waals surface area contributed by atoms with Gasteiger partial charge in [0.05, 0.1) is 6.61 Å². The van der Waals surface area contributed by atoms with E-state index in [0.717, 1.165) is 25.0 Å². The van der Waals surface area contributed by atoms with Gasteiger partial charge >= 0.3 is 0 Å². The van der Waals surface area contributed by atoms with Gasteiger partial charge in [-0.25, -0.2) is 0 Å². The maximum absolute atomic E-state index is 5.69. The van der Waals surface area contributed by atoms with Gasteiger partial charge in [0, 0.05) is 19.1 Å². The molecule has 1 N–H and O–H groups in total. The van der Waals surface area contributed by atoms with E-state index < -0.39 is 0 Å². The van der Waals surface area contributed by atoms with Crippen LogP contribution in [0.3, 0.4) is 0 Å². The molecule has 0 heterocycles. The lowest BCUT2D eigenvalue weighted by Crippen LogP contribution is -2.48. The highest BCUT2D eigenvalue weighted by atomic mass is 16.5. The molecule has 0 amide bonds. The van der Waals surface area contributed by atoms with Crippen molar-refractivity contribution in [1.82, 2.24) is 5.32 Å². The number of rotatable bonds is 7. The highest BCUT2D eigenvalue weighted by Crippen LogP contribution is 2.50. The largest absolute Gasteiger partial charge is 0.384 e. The van der Waals surface area contributed by atoms with Gasteiger partial charge in [-0.1, -0.05) is 32.6 Å². The van der Waals surface area contributed by atoms with E-state index in [9.17, 15) is 0 Å². The molecule has 2 aliphatic carbocycles. The Morgan fingerprint density at radius 3 is 1.89 bits per heavy atom. The number of methoxy groups -OCH3 is 1. The second kappa shape index (κ2) is 6.91. The third-order valence-corrected chi connectivity index (χ3v) is 5.45. The Morgan fingerprint density at radius 1 is 1.00 bits per heavy atom. The molecule has 2 saturated carbocycles. The van der Waals surface area contributed by atoms with E-state index in [1.807, 2.05) is 7.11 Å². The second-order valence-electron chi connectivity index (χ2n) is 6.41. The summed E-state index contributed by atoms with van der Waals surface area (Å²) < 4.78 is 5.69. The van der Waals surface area contributed by atoms with E-state index in [0.29, 0.717) is 5.41 Å². The minimum Gasteiger partial charge on any atom is -0.384 e. The first-order valence-electron chi connectivity index (χ1n) is 8.03. The zero-order valence-corrected chi connectivity index (χ0v) is 12.3. The minimum absolute atomic E-state index is 0.428. The van der Waals surface area contributed by atoms with Crippen molar-refractivity contribution in [2.45, 2.75) is 58.3 Å². The number of nitrogens with one attached hydrogen (secondary N) is 1. The fourth-order valence-electron chi connectivity index (χ4n) is 4.54. The molecule has 0 bridgehead atoms. The second-order valence-corrected chi connectivity index (χ2v) is 6.41. The Kier molecular flexibility index (Phi) is 5.50. The summed E-state index contributed by atoms with van der Waals surface area (Å²) in [5, 5.41) is 3.65. The van der Waals surface area contributed by atoms with Gasteiger partial charge in [-0.05, 0) is 44.1 Å². The van der Waals surface area contributed by atoms with Crippen molar-refractivity contribution in [2.24, 2.45) is 17.3 Å². The fourth-order valence-corrected chi connectivity index (χ4v) is 4.54. The van der Waals surface area contributed by atoms with E-state index >= 15 is 0 Å². The van der Waals surface area contributed by atoms with Crippen LogP contribution in [-0.4, -0.2) is 26.8 Å². The lowest BCUT2D eigenvalue weighted by molar-refractivity contribution is -0.0141. The molecule has 0 saturated heterocycles. The quantitative estimate of drug-likeness (QED) is 0.748. The summed E-state index contributed by atoms with van der Waals surface area (Å²) in [4.78, 5) is 0. The predicted octanol–water partition coefficient (Wildman–Crippen LogP) is 3.61. The van der Waals surface area contributed by atoms with Crippen molar-refractivity contribution in [3.05, 3.63) is 0 Å². The summed E-state index contributed by atoms with van der Waals surface area (Å²) in [6.45, 7) is 5.45. The van der Waals surface area contributed by atoms with Gasteiger partial charge in [0.15, 0.2) is 0 Å². The molecule has 0 atom stereocenters. The lowest BCUT2D eigenvalue weighted by Gasteiger charge is -2.44. The van der Waals surface area contributed by atoms with Crippen LogP contribution in [0.4, 0.5) is 0 Å². The summed E-state index contributed by atoms with van der Waals surface area (Å²) in [6, 6.07) is 0. The Morgan fingerprint density at radius 2 is 1.50 bits per heavy atom. The molecule has 2 rings (SSSR count). The SMILES string of the molecule is CCNCC(COC)(C1CCCC1)C1CCCC1. The van der Waals surface area contributed by atoms with Crippen LogP contribution in [-0.2, 0) is 4.74 Å². The van der Waals surface area contributed by atoms with Crippen LogP contribution in [0.25, 0.3) is 0 Å². The lowest BCUT2D eigenvalue weighted by atomic mass is 9.65. The fraction of sp³-hybridized carbons (Fsp3) is 1.00. The molecule has 106 valence electrons. The summed E-state index contributed by atoms with van der Waals surface area (Å²) in [5.41, 5.74) is 0.428. The van der Waals surface area contributed by atoms with Crippen LogP contribution in [0.5, 0.6) is 0 Å². The van der Waals surface area contributed by atoms with Crippen molar-refractivity contribution >= 4 is 0 Å². The van der Waals surface area contributed by atoms with Crippen LogP contribution in [0.15, 0.2) is 0 Å². The minimum atomic E-state index is 0.428. The molecule has 2 aliphatic rings. The average molecular weight is 253 g/mol. The Hall–Kier alpha value is -0.0800. The topological polar surface area (TPSA) is 21.3 Å². The van der Waals surface area contributed by atoms with E-state index in [4.69, 9.17) is 4.74 Å². The molecule has 0 radical (unpaired) electrons. The molecule has 0 aromatic rings. The molecular weight excluding hydrogens is 222 g/mol. The van der Waals surface area contributed by atoms with E-state index in [-0.39, 0.29) is 0 Å². The molecule has 0 aliphatic heterocycles. The van der Waals surface area contributed by atoms with Gasteiger partial charge in [0.1, 0.15) is 0 Å². The predicted molar refractivity (Wildman–Crippen MR) is 76.8 cm³/mol. The van der Waals surface area contributed by atoms with Gasteiger partial charge < -0.3 is 10.1 Å². The van der Waals surface area contributed by atoms with Gasteiger partial charge in [0.25, 0.3) is 0 Å². The maximum Gasteiger partial charge on any atom is 0.0536 e.